The molecule has 0 bridgehead atoms. The van der Waals surface area contributed by atoms with E-state index in [1.54, 1.807) is 0 Å². The zero-order valence-corrected chi connectivity index (χ0v) is 7.98. The van der Waals surface area contributed by atoms with E-state index in [2.05, 4.69) is 31.8 Å². The van der Waals surface area contributed by atoms with Crippen molar-refractivity contribution in [3.05, 3.63) is 35.6 Å². The van der Waals surface area contributed by atoms with Crippen molar-refractivity contribution >= 4 is 0 Å². The summed E-state index contributed by atoms with van der Waals surface area (Å²) in [6, 6.07) is 0. The van der Waals surface area contributed by atoms with E-state index in [4.69, 9.17) is 0 Å². The third-order valence-corrected chi connectivity index (χ3v) is 2.36. The second kappa shape index (κ2) is 4.15. The summed E-state index contributed by atoms with van der Waals surface area (Å²) in [4.78, 5) is 0. The molecule has 12 heavy (non-hydrogen) atoms. The second-order valence-corrected chi connectivity index (χ2v) is 3.10. The lowest BCUT2D eigenvalue weighted by atomic mass is 9.97. The molecular formula is C11H17N. The molecule has 0 atom stereocenters. The van der Waals surface area contributed by atoms with Gasteiger partial charge in [-0.1, -0.05) is 18.2 Å². The van der Waals surface area contributed by atoms with Crippen LogP contribution >= 0.6 is 0 Å². The van der Waals surface area contributed by atoms with E-state index in [1.165, 1.54) is 29.7 Å². The number of nitrogens with one attached hydrogen (secondary N) is 1. The maximum atomic E-state index is 3.80. The lowest BCUT2D eigenvalue weighted by Crippen LogP contribution is -2.20. The molecule has 1 heteroatoms. The van der Waals surface area contributed by atoms with Crippen LogP contribution in [-0.4, -0.2) is 6.54 Å². The summed E-state index contributed by atoms with van der Waals surface area (Å²) < 4.78 is 0. The molecule has 0 saturated carbocycles. The minimum atomic E-state index is 1.09. The van der Waals surface area contributed by atoms with Crippen molar-refractivity contribution in [1.29, 1.82) is 0 Å². The van der Waals surface area contributed by atoms with E-state index in [9.17, 15) is 0 Å². The van der Waals surface area contributed by atoms with Gasteiger partial charge in [0.2, 0.25) is 0 Å². The first-order valence-corrected chi connectivity index (χ1v) is 4.52. The summed E-state index contributed by atoms with van der Waals surface area (Å²) in [5.74, 6) is 0. The fourth-order valence-corrected chi connectivity index (χ4v) is 1.51. The van der Waals surface area contributed by atoms with E-state index in [0.717, 1.165) is 6.54 Å². The first kappa shape index (κ1) is 9.11. The molecule has 1 aliphatic rings. The van der Waals surface area contributed by atoms with Crippen molar-refractivity contribution in [2.24, 2.45) is 0 Å². The number of allylic oxidation sites excluding steroid dienone is 4. The smallest absolute Gasteiger partial charge is 0.0369 e. The van der Waals surface area contributed by atoms with Crippen molar-refractivity contribution < 1.29 is 0 Å². The molecule has 1 nitrogen and oxygen atoms in total. The predicted octanol–water partition coefficient (Wildman–Crippen LogP) is 2.78. The Morgan fingerprint density at radius 1 is 1.58 bits per heavy atom. The number of hydrogen-bond acceptors (Lipinski definition) is 1. The van der Waals surface area contributed by atoms with Crippen LogP contribution in [0.3, 0.4) is 0 Å². The van der Waals surface area contributed by atoms with E-state index in [-0.39, 0.29) is 0 Å². The Morgan fingerprint density at radius 2 is 2.33 bits per heavy atom. The standard InChI is InChI=1S/C11H17N/c1-4-9(3)10-7-6-8-12-11(10)5-2/h4-5,12H,2,6-8H2,1,3H3/b9-4-. The largest absolute Gasteiger partial charge is 0.385 e. The molecule has 0 spiro atoms. The average Bonchev–Trinajstić information content (AvgIpc) is 2.16. The highest BCUT2D eigenvalue weighted by atomic mass is 14.9. The van der Waals surface area contributed by atoms with Gasteiger partial charge in [-0.05, 0) is 38.3 Å². The fraction of sp³-hybridized carbons (Fsp3) is 0.455. The molecule has 66 valence electrons. The van der Waals surface area contributed by atoms with Gasteiger partial charge in [-0.15, -0.1) is 0 Å². The van der Waals surface area contributed by atoms with Crippen molar-refractivity contribution in [1.82, 2.24) is 5.32 Å². The van der Waals surface area contributed by atoms with Crippen LogP contribution < -0.4 is 5.32 Å². The van der Waals surface area contributed by atoms with Crippen LogP contribution in [0, 0.1) is 0 Å². The summed E-state index contributed by atoms with van der Waals surface area (Å²) in [7, 11) is 0. The quantitative estimate of drug-likeness (QED) is 0.660. The highest BCUT2D eigenvalue weighted by molar-refractivity contribution is 5.38. The van der Waals surface area contributed by atoms with Gasteiger partial charge in [0.05, 0.1) is 0 Å². The van der Waals surface area contributed by atoms with E-state index >= 15 is 0 Å². The predicted molar refractivity (Wildman–Crippen MR) is 53.9 cm³/mol. The molecule has 1 aliphatic heterocycles. The van der Waals surface area contributed by atoms with Crippen LogP contribution in [0.5, 0.6) is 0 Å². The van der Waals surface area contributed by atoms with Crippen LogP contribution in [0.2, 0.25) is 0 Å². The molecule has 0 fully saturated rings. The molecule has 0 aromatic heterocycles. The molecular weight excluding hydrogens is 146 g/mol. The van der Waals surface area contributed by atoms with Crippen molar-refractivity contribution in [2.75, 3.05) is 6.54 Å². The molecule has 1 N–H and O–H groups in total. The average molecular weight is 163 g/mol. The SMILES string of the molecule is C=CC1=C(/C(C)=C\C)CCCN1. The lowest BCUT2D eigenvalue weighted by molar-refractivity contribution is 0.679. The Labute approximate surface area is 74.9 Å². The molecule has 0 unspecified atom stereocenters. The van der Waals surface area contributed by atoms with E-state index in [0.29, 0.717) is 0 Å². The zero-order chi connectivity index (χ0) is 8.97. The third-order valence-electron chi connectivity index (χ3n) is 2.36. The van der Waals surface area contributed by atoms with Gasteiger partial charge < -0.3 is 5.32 Å². The minimum Gasteiger partial charge on any atom is -0.385 e. The molecule has 0 aromatic carbocycles. The Hall–Kier alpha value is -0.980. The van der Waals surface area contributed by atoms with Crippen LogP contribution in [0.4, 0.5) is 0 Å². The van der Waals surface area contributed by atoms with E-state index < -0.39 is 0 Å². The first-order valence-electron chi connectivity index (χ1n) is 4.52. The molecule has 0 aromatic rings. The molecule has 1 rings (SSSR count). The summed E-state index contributed by atoms with van der Waals surface area (Å²) in [6.45, 7) is 9.13. The van der Waals surface area contributed by atoms with Crippen molar-refractivity contribution in [3.63, 3.8) is 0 Å². The maximum Gasteiger partial charge on any atom is 0.0369 e. The second-order valence-electron chi connectivity index (χ2n) is 3.10. The van der Waals surface area contributed by atoms with Gasteiger partial charge in [0.25, 0.3) is 0 Å². The van der Waals surface area contributed by atoms with Gasteiger partial charge in [-0.3, -0.25) is 0 Å². The van der Waals surface area contributed by atoms with Gasteiger partial charge in [0, 0.05) is 12.2 Å². The highest BCUT2D eigenvalue weighted by Gasteiger charge is 2.09. The Morgan fingerprint density at radius 3 is 2.92 bits per heavy atom. The third kappa shape index (κ3) is 1.79. The van der Waals surface area contributed by atoms with Gasteiger partial charge >= 0.3 is 0 Å². The molecule has 0 aliphatic carbocycles. The highest BCUT2D eigenvalue weighted by Crippen LogP contribution is 2.22. The Kier molecular flexibility index (Phi) is 3.15. The molecule has 0 amide bonds. The van der Waals surface area contributed by atoms with Gasteiger partial charge in [-0.25, -0.2) is 0 Å². The van der Waals surface area contributed by atoms with Crippen LogP contribution in [-0.2, 0) is 0 Å². The molecule has 1 heterocycles. The van der Waals surface area contributed by atoms with Crippen molar-refractivity contribution in [2.45, 2.75) is 26.7 Å². The van der Waals surface area contributed by atoms with Crippen LogP contribution in [0.25, 0.3) is 0 Å². The first-order chi connectivity index (χ1) is 5.79. The minimum absolute atomic E-state index is 1.09. The Balaban J connectivity index is 2.94. The van der Waals surface area contributed by atoms with Gasteiger partial charge in [0.15, 0.2) is 0 Å². The van der Waals surface area contributed by atoms with Crippen LogP contribution in [0.15, 0.2) is 35.6 Å². The number of hydrogen-bond donors (Lipinski definition) is 1. The summed E-state index contributed by atoms with van der Waals surface area (Å²) in [5, 5.41) is 3.35. The zero-order valence-electron chi connectivity index (χ0n) is 7.98. The Bertz CT molecular complexity index is 233. The van der Waals surface area contributed by atoms with Crippen molar-refractivity contribution in [3.8, 4) is 0 Å². The topological polar surface area (TPSA) is 12.0 Å². The van der Waals surface area contributed by atoms with E-state index in [1.807, 2.05) is 6.08 Å². The monoisotopic (exact) mass is 163 g/mol. The van der Waals surface area contributed by atoms with Gasteiger partial charge in [0.1, 0.15) is 0 Å². The summed E-state index contributed by atoms with van der Waals surface area (Å²) in [5.41, 5.74) is 4.02. The number of rotatable bonds is 2. The molecule has 0 radical (unpaired) electrons. The maximum absolute atomic E-state index is 3.80. The van der Waals surface area contributed by atoms with Gasteiger partial charge in [-0.2, -0.15) is 0 Å². The summed E-state index contributed by atoms with van der Waals surface area (Å²) >= 11 is 0. The summed E-state index contributed by atoms with van der Waals surface area (Å²) in [6.07, 6.45) is 6.50. The lowest BCUT2D eigenvalue weighted by Gasteiger charge is -2.20. The molecule has 0 saturated heterocycles. The normalized spacial score (nSPS) is 19.0. The van der Waals surface area contributed by atoms with Crippen LogP contribution in [0.1, 0.15) is 26.7 Å². The fourth-order valence-electron chi connectivity index (χ4n) is 1.51.